The van der Waals surface area contributed by atoms with Crippen LogP contribution >= 0.6 is 11.3 Å². The number of aryl methyl sites for hydroxylation is 1. The molecule has 1 heterocycles. The van der Waals surface area contributed by atoms with Crippen molar-refractivity contribution in [2.24, 2.45) is 0 Å². The molecule has 0 radical (unpaired) electrons. The van der Waals surface area contributed by atoms with Crippen molar-refractivity contribution in [2.45, 2.75) is 64.5 Å². The predicted molar refractivity (Wildman–Crippen MR) is 112 cm³/mol. The molecule has 1 amide bonds. The van der Waals surface area contributed by atoms with Gasteiger partial charge >= 0.3 is 5.97 Å². The van der Waals surface area contributed by atoms with Crippen LogP contribution in [-0.2, 0) is 27.4 Å². The zero-order chi connectivity index (χ0) is 20.7. The smallest absolute Gasteiger partial charge is 0.331 e. The van der Waals surface area contributed by atoms with E-state index in [1.807, 2.05) is 36.6 Å². The summed E-state index contributed by atoms with van der Waals surface area (Å²) >= 11 is 1.47. The van der Waals surface area contributed by atoms with Gasteiger partial charge < -0.3 is 14.8 Å². The van der Waals surface area contributed by atoms with Gasteiger partial charge in [0.25, 0.3) is 0 Å². The standard InChI is InChI=1S/C22H28N2O4S/c1-3-27-21(26)22(11-5-4-6-12-22)24-19(25)13-17-15-29-20(23-17)14-28-18-9-7-16(2)8-10-18/h7-10,15H,3-6,11-14H2,1-2H3,(H,24,25). The third-order valence-electron chi connectivity index (χ3n) is 5.08. The Hall–Kier alpha value is -2.41. The molecule has 156 valence electrons. The van der Waals surface area contributed by atoms with Crippen molar-refractivity contribution in [1.82, 2.24) is 10.3 Å². The second-order valence-electron chi connectivity index (χ2n) is 7.42. The summed E-state index contributed by atoms with van der Waals surface area (Å²) in [5.74, 6) is 0.272. The minimum Gasteiger partial charge on any atom is -0.486 e. The van der Waals surface area contributed by atoms with Crippen molar-refractivity contribution in [2.75, 3.05) is 6.61 Å². The number of carbonyl (C=O) groups is 2. The molecule has 0 atom stereocenters. The molecule has 29 heavy (non-hydrogen) atoms. The van der Waals surface area contributed by atoms with Crippen LogP contribution in [0.5, 0.6) is 5.75 Å². The van der Waals surface area contributed by atoms with Crippen LogP contribution < -0.4 is 10.1 Å². The van der Waals surface area contributed by atoms with Crippen LogP contribution in [0.3, 0.4) is 0 Å². The minimum atomic E-state index is -0.890. The van der Waals surface area contributed by atoms with Gasteiger partial charge in [0.15, 0.2) is 0 Å². The summed E-state index contributed by atoms with van der Waals surface area (Å²) < 4.78 is 11.0. The average molecular weight is 417 g/mol. The third-order valence-corrected chi connectivity index (χ3v) is 5.95. The summed E-state index contributed by atoms with van der Waals surface area (Å²) in [7, 11) is 0. The van der Waals surface area contributed by atoms with Gasteiger partial charge in [-0.25, -0.2) is 9.78 Å². The van der Waals surface area contributed by atoms with Crippen molar-refractivity contribution < 1.29 is 19.1 Å². The molecule has 7 heteroatoms. The number of amides is 1. The Kier molecular flexibility index (Phi) is 7.25. The van der Waals surface area contributed by atoms with Gasteiger partial charge in [0.1, 0.15) is 22.9 Å². The highest BCUT2D eigenvalue weighted by molar-refractivity contribution is 7.09. The number of hydrogen-bond donors (Lipinski definition) is 1. The fourth-order valence-electron chi connectivity index (χ4n) is 3.56. The van der Waals surface area contributed by atoms with Crippen molar-refractivity contribution in [3.63, 3.8) is 0 Å². The Balaban J connectivity index is 1.56. The molecule has 1 aliphatic carbocycles. The molecule has 1 aromatic heterocycles. The Morgan fingerprint density at radius 2 is 1.90 bits per heavy atom. The van der Waals surface area contributed by atoms with Crippen LogP contribution in [-0.4, -0.2) is 29.0 Å². The van der Waals surface area contributed by atoms with Crippen LogP contribution in [0.25, 0.3) is 0 Å². The van der Waals surface area contributed by atoms with Gasteiger partial charge in [-0.05, 0) is 38.8 Å². The van der Waals surface area contributed by atoms with Crippen LogP contribution in [0.15, 0.2) is 29.6 Å². The molecule has 0 aliphatic heterocycles. The van der Waals surface area contributed by atoms with E-state index in [-0.39, 0.29) is 18.3 Å². The highest BCUT2D eigenvalue weighted by Crippen LogP contribution is 2.29. The van der Waals surface area contributed by atoms with Gasteiger partial charge in [-0.2, -0.15) is 0 Å². The summed E-state index contributed by atoms with van der Waals surface area (Å²) in [6.07, 6.45) is 4.30. The molecule has 0 unspecified atom stereocenters. The Morgan fingerprint density at radius 1 is 1.17 bits per heavy atom. The first-order valence-corrected chi connectivity index (χ1v) is 11.0. The molecule has 1 fully saturated rings. The van der Waals surface area contributed by atoms with Crippen LogP contribution in [0.2, 0.25) is 0 Å². The lowest BCUT2D eigenvalue weighted by Gasteiger charge is -2.35. The van der Waals surface area contributed by atoms with Crippen LogP contribution in [0, 0.1) is 6.92 Å². The lowest BCUT2D eigenvalue weighted by Crippen LogP contribution is -2.56. The summed E-state index contributed by atoms with van der Waals surface area (Å²) in [6.45, 7) is 4.49. The fourth-order valence-corrected chi connectivity index (χ4v) is 4.26. The molecular formula is C22H28N2O4S. The minimum absolute atomic E-state index is 0.141. The third kappa shape index (κ3) is 5.79. The Bertz CT molecular complexity index is 826. The Morgan fingerprint density at radius 3 is 2.59 bits per heavy atom. The number of aromatic nitrogens is 1. The molecule has 0 saturated heterocycles. The monoisotopic (exact) mass is 416 g/mol. The van der Waals surface area contributed by atoms with Gasteiger partial charge in [-0.15, -0.1) is 11.3 Å². The maximum atomic E-state index is 12.6. The van der Waals surface area contributed by atoms with Gasteiger partial charge in [-0.1, -0.05) is 37.0 Å². The van der Waals surface area contributed by atoms with E-state index < -0.39 is 5.54 Å². The van der Waals surface area contributed by atoms with E-state index >= 15 is 0 Å². The highest BCUT2D eigenvalue weighted by Gasteiger charge is 2.42. The van der Waals surface area contributed by atoms with Gasteiger partial charge in [0.2, 0.25) is 5.91 Å². The maximum Gasteiger partial charge on any atom is 0.331 e. The molecule has 3 rings (SSSR count). The van der Waals surface area contributed by atoms with E-state index in [9.17, 15) is 9.59 Å². The lowest BCUT2D eigenvalue weighted by atomic mass is 9.81. The average Bonchev–Trinajstić information content (AvgIpc) is 3.15. The van der Waals surface area contributed by atoms with Crippen molar-refractivity contribution >= 4 is 23.2 Å². The normalized spacial score (nSPS) is 15.5. The summed E-state index contributed by atoms with van der Waals surface area (Å²) in [6, 6.07) is 7.85. The predicted octanol–water partition coefficient (Wildman–Crippen LogP) is 3.96. The van der Waals surface area contributed by atoms with Gasteiger partial charge in [-0.3, -0.25) is 4.79 Å². The van der Waals surface area contributed by atoms with Crippen LogP contribution in [0.4, 0.5) is 0 Å². The number of thiazole rings is 1. The SMILES string of the molecule is CCOC(=O)C1(NC(=O)Cc2csc(COc3ccc(C)cc3)n2)CCCCC1. The zero-order valence-corrected chi connectivity index (χ0v) is 17.8. The highest BCUT2D eigenvalue weighted by atomic mass is 32.1. The van der Waals surface area contributed by atoms with Gasteiger partial charge in [0, 0.05) is 5.38 Å². The van der Waals surface area contributed by atoms with E-state index in [0.717, 1.165) is 30.0 Å². The summed E-state index contributed by atoms with van der Waals surface area (Å²) in [5, 5.41) is 5.64. The molecular weight excluding hydrogens is 388 g/mol. The molecule has 1 aromatic carbocycles. The maximum absolute atomic E-state index is 12.6. The molecule has 0 spiro atoms. The molecule has 2 aromatic rings. The summed E-state index contributed by atoms with van der Waals surface area (Å²) in [4.78, 5) is 29.6. The van der Waals surface area contributed by atoms with Crippen molar-refractivity contribution in [1.29, 1.82) is 0 Å². The number of nitrogens with one attached hydrogen (secondary N) is 1. The number of nitrogens with zero attached hydrogens (tertiary/aromatic N) is 1. The second kappa shape index (κ2) is 9.87. The van der Waals surface area contributed by atoms with Crippen molar-refractivity contribution in [3.8, 4) is 5.75 Å². The fraction of sp³-hybridized carbons (Fsp3) is 0.500. The van der Waals surface area contributed by atoms with E-state index in [0.29, 0.717) is 31.7 Å². The van der Waals surface area contributed by atoms with Crippen LogP contribution in [0.1, 0.15) is 55.3 Å². The Labute approximate surface area is 175 Å². The first-order valence-electron chi connectivity index (χ1n) is 10.1. The topological polar surface area (TPSA) is 77.5 Å². The van der Waals surface area contributed by atoms with E-state index in [4.69, 9.17) is 9.47 Å². The zero-order valence-electron chi connectivity index (χ0n) is 17.0. The van der Waals surface area contributed by atoms with Crippen molar-refractivity contribution in [3.05, 3.63) is 45.9 Å². The number of hydrogen-bond acceptors (Lipinski definition) is 6. The van der Waals surface area contributed by atoms with E-state index in [1.54, 1.807) is 6.92 Å². The first-order chi connectivity index (χ1) is 14.0. The second-order valence-corrected chi connectivity index (χ2v) is 8.37. The lowest BCUT2D eigenvalue weighted by molar-refractivity contribution is -0.155. The van der Waals surface area contributed by atoms with E-state index in [2.05, 4.69) is 10.3 Å². The molecule has 1 saturated carbocycles. The molecule has 1 N–H and O–H groups in total. The number of benzene rings is 1. The molecule has 6 nitrogen and oxygen atoms in total. The summed E-state index contributed by atoms with van der Waals surface area (Å²) in [5.41, 5.74) is 0.974. The first kappa shape index (κ1) is 21.3. The van der Waals surface area contributed by atoms with Gasteiger partial charge in [0.05, 0.1) is 18.7 Å². The quantitative estimate of drug-likeness (QED) is 0.659. The molecule has 0 bridgehead atoms. The number of ether oxygens (including phenoxy) is 2. The van der Waals surface area contributed by atoms with E-state index in [1.165, 1.54) is 16.9 Å². The number of esters is 1. The number of carbonyl (C=O) groups excluding carboxylic acids is 2. The largest absolute Gasteiger partial charge is 0.486 e. The molecule has 1 aliphatic rings. The number of rotatable bonds is 8.